The summed E-state index contributed by atoms with van der Waals surface area (Å²) in [5.41, 5.74) is 2.24. The van der Waals surface area contributed by atoms with Crippen molar-refractivity contribution >= 4 is 0 Å². The standard InChI is InChI=1S/C17H17N3O/c1-13(11-15-12-18-20-19-15)14-7-9-17(10-8-14)21-16-5-3-2-4-6-16/h2-10,12-13H,11H2,1H3,(H,18,19,20). The highest BCUT2D eigenvalue weighted by Crippen LogP contribution is 2.25. The van der Waals surface area contributed by atoms with Crippen molar-refractivity contribution in [1.82, 2.24) is 15.4 Å². The van der Waals surface area contributed by atoms with E-state index in [2.05, 4.69) is 34.5 Å². The molecule has 0 saturated carbocycles. The van der Waals surface area contributed by atoms with Crippen LogP contribution in [-0.2, 0) is 6.42 Å². The van der Waals surface area contributed by atoms with Gasteiger partial charge in [-0.2, -0.15) is 15.4 Å². The predicted molar refractivity (Wildman–Crippen MR) is 81.5 cm³/mol. The summed E-state index contributed by atoms with van der Waals surface area (Å²) >= 11 is 0. The molecule has 1 aromatic heterocycles. The highest BCUT2D eigenvalue weighted by Gasteiger charge is 2.08. The first-order valence-corrected chi connectivity index (χ1v) is 6.99. The molecule has 0 aliphatic carbocycles. The van der Waals surface area contributed by atoms with E-state index in [4.69, 9.17) is 4.74 Å². The van der Waals surface area contributed by atoms with Crippen LogP contribution in [0.15, 0.2) is 60.8 Å². The lowest BCUT2D eigenvalue weighted by Gasteiger charge is -2.11. The maximum absolute atomic E-state index is 5.79. The topological polar surface area (TPSA) is 50.8 Å². The maximum Gasteiger partial charge on any atom is 0.127 e. The van der Waals surface area contributed by atoms with E-state index in [-0.39, 0.29) is 0 Å². The van der Waals surface area contributed by atoms with Gasteiger partial charge in [0.25, 0.3) is 0 Å². The monoisotopic (exact) mass is 279 g/mol. The molecule has 0 amide bonds. The average molecular weight is 279 g/mol. The third-order valence-corrected chi connectivity index (χ3v) is 3.41. The maximum atomic E-state index is 5.79. The molecule has 2 aromatic carbocycles. The van der Waals surface area contributed by atoms with Crippen molar-refractivity contribution in [3.63, 3.8) is 0 Å². The van der Waals surface area contributed by atoms with Gasteiger partial charge in [-0.05, 0) is 42.2 Å². The summed E-state index contributed by atoms with van der Waals surface area (Å²) in [5, 5.41) is 10.6. The Kier molecular flexibility index (Phi) is 3.96. The smallest absolute Gasteiger partial charge is 0.127 e. The summed E-state index contributed by atoms with van der Waals surface area (Å²) in [6, 6.07) is 18.0. The summed E-state index contributed by atoms with van der Waals surface area (Å²) in [5.74, 6) is 2.08. The Balaban J connectivity index is 1.66. The number of ether oxygens (including phenoxy) is 1. The fraction of sp³-hybridized carbons (Fsp3) is 0.176. The molecule has 1 N–H and O–H groups in total. The fourth-order valence-electron chi connectivity index (χ4n) is 2.24. The number of aromatic amines is 1. The Morgan fingerprint density at radius 2 is 1.71 bits per heavy atom. The Morgan fingerprint density at radius 3 is 2.38 bits per heavy atom. The quantitative estimate of drug-likeness (QED) is 0.769. The van der Waals surface area contributed by atoms with Crippen LogP contribution in [0, 0.1) is 0 Å². The van der Waals surface area contributed by atoms with Gasteiger partial charge >= 0.3 is 0 Å². The van der Waals surface area contributed by atoms with Crippen molar-refractivity contribution in [3.8, 4) is 11.5 Å². The van der Waals surface area contributed by atoms with Gasteiger partial charge in [0, 0.05) is 0 Å². The zero-order chi connectivity index (χ0) is 14.5. The summed E-state index contributed by atoms with van der Waals surface area (Å²) in [7, 11) is 0. The molecule has 106 valence electrons. The highest BCUT2D eigenvalue weighted by atomic mass is 16.5. The number of nitrogens with zero attached hydrogens (tertiary/aromatic N) is 2. The van der Waals surface area contributed by atoms with E-state index < -0.39 is 0 Å². The van der Waals surface area contributed by atoms with Crippen LogP contribution in [0.5, 0.6) is 11.5 Å². The second-order valence-electron chi connectivity index (χ2n) is 5.05. The van der Waals surface area contributed by atoms with Crippen molar-refractivity contribution in [2.24, 2.45) is 0 Å². The molecule has 4 nitrogen and oxygen atoms in total. The first kappa shape index (κ1) is 13.4. The molecule has 0 fully saturated rings. The van der Waals surface area contributed by atoms with Gasteiger partial charge in [-0.3, -0.25) is 0 Å². The Hall–Kier alpha value is -2.62. The number of benzene rings is 2. The van der Waals surface area contributed by atoms with Crippen LogP contribution < -0.4 is 4.74 Å². The van der Waals surface area contributed by atoms with Gasteiger partial charge < -0.3 is 4.74 Å². The predicted octanol–water partition coefficient (Wildman–Crippen LogP) is 3.94. The number of aromatic nitrogens is 3. The largest absolute Gasteiger partial charge is 0.457 e. The van der Waals surface area contributed by atoms with E-state index in [1.807, 2.05) is 42.5 Å². The third-order valence-electron chi connectivity index (χ3n) is 3.41. The number of nitrogens with one attached hydrogen (secondary N) is 1. The van der Waals surface area contributed by atoms with Gasteiger partial charge in [0.2, 0.25) is 0 Å². The molecular formula is C17H17N3O. The lowest BCUT2D eigenvalue weighted by atomic mass is 9.96. The zero-order valence-corrected chi connectivity index (χ0v) is 11.9. The van der Waals surface area contributed by atoms with E-state index in [1.54, 1.807) is 6.20 Å². The van der Waals surface area contributed by atoms with E-state index in [9.17, 15) is 0 Å². The molecule has 0 aliphatic heterocycles. The molecule has 0 bridgehead atoms. The molecule has 4 heteroatoms. The van der Waals surface area contributed by atoms with Crippen LogP contribution in [-0.4, -0.2) is 15.4 Å². The second-order valence-corrected chi connectivity index (χ2v) is 5.05. The lowest BCUT2D eigenvalue weighted by molar-refractivity contribution is 0.482. The summed E-state index contributed by atoms with van der Waals surface area (Å²) in [6.07, 6.45) is 2.64. The van der Waals surface area contributed by atoms with Crippen LogP contribution in [0.1, 0.15) is 24.1 Å². The van der Waals surface area contributed by atoms with Crippen LogP contribution in [0.25, 0.3) is 0 Å². The van der Waals surface area contributed by atoms with Gasteiger partial charge in [-0.1, -0.05) is 37.3 Å². The number of hydrogen-bond donors (Lipinski definition) is 1. The van der Waals surface area contributed by atoms with Gasteiger partial charge in [0.1, 0.15) is 11.5 Å². The molecular weight excluding hydrogens is 262 g/mol. The average Bonchev–Trinajstić information content (AvgIpc) is 3.02. The minimum absolute atomic E-state index is 0.390. The van der Waals surface area contributed by atoms with Gasteiger partial charge in [-0.15, -0.1) is 0 Å². The first-order valence-electron chi connectivity index (χ1n) is 6.99. The van der Waals surface area contributed by atoms with Gasteiger partial charge in [0.05, 0.1) is 11.9 Å². The Bertz CT molecular complexity index is 663. The normalized spacial score (nSPS) is 12.0. The highest BCUT2D eigenvalue weighted by molar-refractivity contribution is 5.34. The summed E-state index contributed by atoms with van der Waals surface area (Å²) in [6.45, 7) is 2.18. The number of para-hydroxylation sites is 1. The second kappa shape index (κ2) is 6.22. The lowest BCUT2D eigenvalue weighted by Crippen LogP contribution is -1.99. The van der Waals surface area contributed by atoms with Crippen molar-refractivity contribution in [2.75, 3.05) is 0 Å². The third kappa shape index (κ3) is 3.48. The number of rotatable bonds is 5. The molecule has 1 unspecified atom stereocenters. The SMILES string of the molecule is CC(Cc1cn[nH]n1)c1ccc(Oc2ccccc2)cc1. The Labute approximate surface area is 123 Å². The van der Waals surface area contributed by atoms with Crippen LogP contribution >= 0.6 is 0 Å². The van der Waals surface area contributed by atoms with E-state index >= 15 is 0 Å². The molecule has 0 saturated heterocycles. The molecule has 3 rings (SSSR count). The van der Waals surface area contributed by atoms with Crippen molar-refractivity contribution < 1.29 is 4.74 Å². The molecule has 1 atom stereocenters. The van der Waals surface area contributed by atoms with Crippen LogP contribution in [0.2, 0.25) is 0 Å². The van der Waals surface area contributed by atoms with E-state index in [0.29, 0.717) is 5.92 Å². The molecule has 1 heterocycles. The molecule has 0 radical (unpaired) electrons. The van der Waals surface area contributed by atoms with Crippen LogP contribution in [0.3, 0.4) is 0 Å². The minimum atomic E-state index is 0.390. The fourth-order valence-corrected chi connectivity index (χ4v) is 2.24. The van der Waals surface area contributed by atoms with Crippen molar-refractivity contribution in [3.05, 3.63) is 72.1 Å². The van der Waals surface area contributed by atoms with Crippen molar-refractivity contribution in [2.45, 2.75) is 19.3 Å². The number of H-pyrrole nitrogens is 1. The van der Waals surface area contributed by atoms with Gasteiger partial charge in [0.15, 0.2) is 0 Å². The van der Waals surface area contributed by atoms with Crippen LogP contribution in [0.4, 0.5) is 0 Å². The van der Waals surface area contributed by atoms with Crippen molar-refractivity contribution in [1.29, 1.82) is 0 Å². The van der Waals surface area contributed by atoms with Gasteiger partial charge in [-0.25, -0.2) is 0 Å². The van der Waals surface area contributed by atoms with E-state index in [0.717, 1.165) is 23.6 Å². The minimum Gasteiger partial charge on any atom is -0.457 e. The zero-order valence-electron chi connectivity index (χ0n) is 11.9. The number of hydrogen-bond acceptors (Lipinski definition) is 3. The molecule has 0 aliphatic rings. The summed E-state index contributed by atoms with van der Waals surface area (Å²) in [4.78, 5) is 0. The summed E-state index contributed by atoms with van der Waals surface area (Å²) < 4.78 is 5.79. The molecule has 3 aromatic rings. The first-order chi connectivity index (χ1) is 10.3. The van der Waals surface area contributed by atoms with E-state index in [1.165, 1.54) is 5.56 Å². The molecule has 21 heavy (non-hydrogen) atoms. The molecule has 0 spiro atoms. The Morgan fingerprint density at radius 1 is 1.00 bits per heavy atom.